The van der Waals surface area contributed by atoms with Gasteiger partial charge in [-0.15, -0.1) is 0 Å². The van der Waals surface area contributed by atoms with E-state index in [9.17, 15) is 14.7 Å². The van der Waals surface area contributed by atoms with Crippen LogP contribution in [0.1, 0.15) is 12.2 Å². The monoisotopic (exact) mass is 262 g/mol. The van der Waals surface area contributed by atoms with Gasteiger partial charge in [0, 0.05) is 6.07 Å². The largest absolute Gasteiger partial charge is 0.481 e. The Kier molecular flexibility index (Phi) is 2.66. The molecule has 2 aliphatic carbocycles. The number of fused-ring (bicyclic) bond motifs is 2. The maximum absolute atomic E-state index is 12.2. The SMILES string of the molecule is Cc1cc(NC(=O)[C@@H]2[C@@H](C(=O)O)[C@H]3C=C[C@H]2C3)no1. The average molecular weight is 262 g/mol. The van der Waals surface area contributed by atoms with E-state index in [-0.39, 0.29) is 17.7 Å². The third-order valence-electron chi connectivity index (χ3n) is 3.93. The summed E-state index contributed by atoms with van der Waals surface area (Å²) in [7, 11) is 0. The number of carbonyl (C=O) groups is 2. The van der Waals surface area contributed by atoms with Crippen molar-refractivity contribution < 1.29 is 19.2 Å². The molecule has 4 atom stereocenters. The molecule has 3 rings (SSSR count). The summed E-state index contributed by atoms with van der Waals surface area (Å²) in [5, 5.41) is 15.6. The van der Waals surface area contributed by atoms with Crippen molar-refractivity contribution in [3.8, 4) is 0 Å². The van der Waals surface area contributed by atoms with Gasteiger partial charge in [0.15, 0.2) is 5.82 Å². The fourth-order valence-corrected chi connectivity index (χ4v) is 3.15. The number of hydrogen-bond acceptors (Lipinski definition) is 4. The summed E-state index contributed by atoms with van der Waals surface area (Å²) in [6.45, 7) is 1.73. The number of allylic oxidation sites excluding steroid dienone is 2. The Labute approximate surface area is 109 Å². The number of aromatic nitrogens is 1. The highest BCUT2D eigenvalue weighted by Gasteiger charge is 2.51. The van der Waals surface area contributed by atoms with E-state index in [0.29, 0.717) is 11.6 Å². The number of carboxylic acids is 1. The van der Waals surface area contributed by atoms with E-state index >= 15 is 0 Å². The molecule has 0 unspecified atom stereocenters. The highest BCUT2D eigenvalue weighted by molar-refractivity contribution is 5.95. The van der Waals surface area contributed by atoms with Gasteiger partial charge < -0.3 is 14.9 Å². The highest BCUT2D eigenvalue weighted by atomic mass is 16.5. The quantitative estimate of drug-likeness (QED) is 0.804. The van der Waals surface area contributed by atoms with Gasteiger partial charge in [0.2, 0.25) is 5.91 Å². The Bertz CT molecular complexity index is 563. The van der Waals surface area contributed by atoms with E-state index in [0.717, 1.165) is 6.42 Å². The Morgan fingerprint density at radius 1 is 1.37 bits per heavy atom. The minimum absolute atomic E-state index is 0.0131. The third-order valence-corrected chi connectivity index (χ3v) is 3.93. The van der Waals surface area contributed by atoms with Gasteiger partial charge in [0.25, 0.3) is 0 Å². The molecule has 1 saturated carbocycles. The van der Waals surface area contributed by atoms with Crippen LogP contribution < -0.4 is 5.32 Å². The van der Waals surface area contributed by atoms with E-state index in [1.165, 1.54) is 0 Å². The van der Waals surface area contributed by atoms with Gasteiger partial charge in [-0.25, -0.2) is 0 Å². The minimum Gasteiger partial charge on any atom is -0.481 e. The van der Waals surface area contributed by atoms with Crippen LogP contribution in [0, 0.1) is 30.6 Å². The third kappa shape index (κ3) is 1.93. The van der Waals surface area contributed by atoms with E-state index in [4.69, 9.17) is 4.52 Å². The first-order valence-corrected chi connectivity index (χ1v) is 6.21. The van der Waals surface area contributed by atoms with Gasteiger partial charge in [0.05, 0.1) is 11.8 Å². The number of amides is 1. The lowest BCUT2D eigenvalue weighted by atomic mass is 9.82. The first-order valence-electron chi connectivity index (χ1n) is 6.21. The Hall–Kier alpha value is -2.11. The van der Waals surface area contributed by atoms with Crippen LogP contribution in [0.15, 0.2) is 22.7 Å². The summed E-state index contributed by atoms with van der Waals surface area (Å²) in [6.07, 6.45) is 4.60. The van der Waals surface area contributed by atoms with Crippen LogP contribution >= 0.6 is 0 Å². The Morgan fingerprint density at radius 2 is 2.05 bits per heavy atom. The Balaban J connectivity index is 1.79. The lowest BCUT2D eigenvalue weighted by Crippen LogP contribution is -2.36. The zero-order chi connectivity index (χ0) is 13.6. The van der Waals surface area contributed by atoms with Crippen molar-refractivity contribution >= 4 is 17.7 Å². The number of carboxylic acid groups (broad SMARTS) is 1. The smallest absolute Gasteiger partial charge is 0.307 e. The minimum atomic E-state index is -0.909. The number of aryl methyl sites for hydroxylation is 1. The summed E-state index contributed by atoms with van der Waals surface area (Å²) in [5.41, 5.74) is 0. The van der Waals surface area contributed by atoms with E-state index in [1.54, 1.807) is 13.0 Å². The molecule has 0 saturated heterocycles. The second-order valence-corrected chi connectivity index (χ2v) is 5.15. The van der Waals surface area contributed by atoms with Gasteiger partial charge >= 0.3 is 5.97 Å². The molecular formula is C13H14N2O4. The number of rotatable bonds is 3. The van der Waals surface area contributed by atoms with Gasteiger partial charge in [-0.3, -0.25) is 9.59 Å². The van der Waals surface area contributed by atoms with Crippen molar-refractivity contribution in [2.24, 2.45) is 23.7 Å². The van der Waals surface area contributed by atoms with E-state index in [1.807, 2.05) is 12.2 Å². The van der Waals surface area contributed by atoms with Crippen LogP contribution in [-0.2, 0) is 9.59 Å². The standard InChI is InChI=1S/C13H14N2O4/c1-6-4-9(15-19-6)14-12(16)10-7-2-3-8(5-7)11(10)13(17)18/h2-4,7-8,10-11H,5H2,1H3,(H,17,18)(H,14,15,16)/t7-,8-,10-,11-/m0/s1. The second-order valence-electron chi connectivity index (χ2n) is 5.15. The van der Waals surface area contributed by atoms with Crippen molar-refractivity contribution in [2.45, 2.75) is 13.3 Å². The maximum atomic E-state index is 12.2. The number of anilines is 1. The summed E-state index contributed by atoms with van der Waals surface area (Å²) in [6, 6.07) is 1.61. The summed E-state index contributed by atoms with van der Waals surface area (Å²) in [4.78, 5) is 23.6. The molecule has 0 spiro atoms. The highest BCUT2D eigenvalue weighted by Crippen LogP contribution is 2.48. The molecule has 2 N–H and O–H groups in total. The lowest BCUT2D eigenvalue weighted by molar-refractivity contribution is -0.146. The second kappa shape index (κ2) is 4.22. The summed E-state index contributed by atoms with van der Waals surface area (Å²) < 4.78 is 4.87. The Morgan fingerprint density at radius 3 is 2.63 bits per heavy atom. The van der Waals surface area contributed by atoms with Gasteiger partial charge in [-0.05, 0) is 25.2 Å². The molecule has 19 heavy (non-hydrogen) atoms. The van der Waals surface area contributed by atoms with Gasteiger partial charge in [-0.1, -0.05) is 17.3 Å². The zero-order valence-corrected chi connectivity index (χ0v) is 10.4. The van der Waals surface area contributed by atoms with Crippen LogP contribution in [-0.4, -0.2) is 22.1 Å². The van der Waals surface area contributed by atoms with Crippen molar-refractivity contribution in [3.63, 3.8) is 0 Å². The molecule has 6 heteroatoms. The first-order chi connectivity index (χ1) is 9.06. The fraction of sp³-hybridized carbons (Fsp3) is 0.462. The molecule has 1 heterocycles. The number of carbonyl (C=O) groups excluding carboxylic acids is 1. The van der Waals surface area contributed by atoms with Gasteiger partial charge in [-0.2, -0.15) is 0 Å². The predicted octanol–water partition coefficient (Wildman–Crippen LogP) is 1.44. The number of aliphatic carboxylic acids is 1. The molecule has 0 aliphatic heterocycles. The molecular weight excluding hydrogens is 248 g/mol. The molecule has 0 radical (unpaired) electrons. The van der Waals surface area contributed by atoms with Crippen LogP contribution in [0.4, 0.5) is 5.82 Å². The molecule has 100 valence electrons. The van der Waals surface area contributed by atoms with Crippen molar-refractivity contribution in [2.75, 3.05) is 5.32 Å². The van der Waals surface area contributed by atoms with E-state index in [2.05, 4.69) is 10.5 Å². The van der Waals surface area contributed by atoms with Crippen molar-refractivity contribution in [3.05, 3.63) is 24.0 Å². The molecule has 2 aliphatic rings. The fourth-order valence-electron chi connectivity index (χ4n) is 3.15. The molecule has 1 amide bonds. The lowest BCUT2D eigenvalue weighted by Gasteiger charge is -2.23. The first kappa shape index (κ1) is 12.0. The molecule has 0 aromatic carbocycles. The van der Waals surface area contributed by atoms with Crippen LogP contribution in [0.5, 0.6) is 0 Å². The summed E-state index contributed by atoms with van der Waals surface area (Å²) in [5.74, 6) is -1.45. The topological polar surface area (TPSA) is 92.4 Å². The van der Waals surface area contributed by atoms with Crippen molar-refractivity contribution in [1.29, 1.82) is 0 Å². The van der Waals surface area contributed by atoms with Gasteiger partial charge in [0.1, 0.15) is 5.76 Å². The number of nitrogens with one attached hydrogen (secondary N) is 1. The normalized spacial score (nSPS) is 31.6. The molecule has 2 bridgehead atoms. The zero-order valence-electron chi connectivity index (χ0n) is 10.4. The number of nitrogens with zero attached hydrogens (tertiary/aromatic N) is 1. The van der Waals surface area contributed by atoms with Crippen LogP contribution in [0.2, 0.25) is 0 Å². The van der Waals surface area contributed by atoms with Crippen LogP contribution in [0.25, 0.3) is 0 Å². The molecule has 6 nitrogen and oxygen atoms in total. The summed E-state index contributed by atoms with van der Waals surface area (Å²) >= 11 is 0. The van der Waals surface area contributed by atoms with Crippen LogP contribution in [0.3, 0.4) is 0 Å². The molecule has 1 aromatic rings. The van der Waals surface area contributed by atoms with Crippen molar-refractivity contribution in [1.82, 2.24) is 5.16 Å². The van der Waals surface area contributed by atoms with E-state index < -0.39 is 17.8 Å². The average Bonchev–Trinajstić information content (AvgIpc) is 3.03. The molecule has 1 fully saturated rings. The number of hydrogen-bond donors (Lipinski definition) is 2. The predicted molar refractivity (Wildman–Crippen MR) is 65.2 cm³/mol. The maximum Gasteiger partial charge on any atom is 0.307 e. The molecule has 1 aromatic heterocycles.